The first kappa shape index (κ1) is 13.4. The van der Waals surface area contributed by atoms with Crippen molar-refractivity contribution in [2.45, 2.75) is 6.18 Å². The van der Waals surface area contributed by atoms with E-state index in [9.17, 15) is 18.0 Å². The highest BCUT2D eigenvalue weighted by Gasteiger charge is 2.34. The largest absolute Gasteiger partial charge is 0.477 e. The first-order valence-corrected chi connectivity index (χ1v) is 5.92. The smallest absolute Gasteiger partial charge is 0.419 e. The van der Waals surface area contributed by atoms with Crippen molar-refractivity contribution >= 4 is 17.3 Å². The first-order valence-electron chi connectivity index (χ1n) is 5.04. The van der Waals surface area contributed by atoms with Crippen molar-refractivity contribution in [1.82, 2.24) is 0 Å². The minimum absolute atomic E-state index is 0.000472. The summed E-state index contributed by atoms with van der Waals surface area (Å²) in [6.07, 6.45) is -4.53. The Morgan fingerprint density at radius 2 is 1.95 bits per heavy atom. The Labute approximate surface area is 109 Å². The number of benzene rings is 1. The van der Waals surface area contributed by atoms with Crippen LogP contribution in [0.15, 0.2) is 35.7 Å². The molecule has 0 atom stereocenters. The van der Waals surface area contributed by atoms with E-state index in [1.165, 1.54) is 29.6 Å². The maximum absolute atomic E-state index is 12.7. The van der Waals surface area contributed by atoms with Crippen LogP contribution in [0.4, 0.5) is 13.2 Å². The lowest BCUT2D eigenvalue weighted by Crippen LogP contribution is -2.06. The second-order valence-electron chi connectivity index (χ2n) is 3.55. The normalized spacial score (nSPS) is 11.3. The van der Waals surface area contributed by atoms with Crippen LogP contribution in [-0.2, 0) is 6.18 Å². The van der Waals surface area contributed by atoms with Crippen LogP contribution in [0.5, 0.6) is 11.5 Å². The number of alkyl halides is 3. The van der Waals surface area contributed by atoms with Gasteiger partial charge in [-0.2, -0.15) is 13.2 Å². The fraction of sp³-hybridized carbons (Fsp3) is 0.0833. The summed E-state index contributed by atoms with van der Waals surface area (Å²) in [4.78, 5) is 10.7. The fourth-order valence-electron chi connectivity index (χ4n) is 1.40. The number of aromatic carboxylic acids is 1. The molecule has 0 spiro atoms. The number of ether oxygens (including phenoxy) is 1. The maximum atomic E-state index is 12.7. The molecule has 1 heterocycles. The second kappa shape index (κ2) is 4.93. The molecule has 0 saturated carbocycles. The number of thiophene rings is 1. The summed E-state index contributed by atoms with van der Waals surface area (Å²) < 4.78 is 43.2. The van der Waals surface area contributed by atoms with Gasteiger partial charge in [-0.15, -0.1) is 11.3 Å². The number of para-hydroxylation sites is 1. The average Bonchev–Trinajstić information content (AvgIpc) is 2.77. The van der Waals surface area contributed by atoms with Gasteiger partial charge in [0.2, 0.25) is 0 Å². The molecule has 0 saturated heterocycles. The summed E-state index contributed by atoms with van der Waals surface area (Å²) in [6.45, 7) is 0. The summed E-state index contributed by atoms with van der Waals surface area (Å²) in [5.74, 6) is -1.44. The van der Waals surface area contributed by atoms with E-state index in [0.29, 0.717) is 0 Å². The summed E-state index contributed by atoms with van der Waals surface area (Å²) >= 11 is 0.884. The fourth-order valence-corrected chi connectivity index (χ4v) is 2.05. The summed E-state index contributed by atoms with van der Waals surface area (Å²) in [5.41, 5.74) is -0.905. The van der Waals surface area contributed by atoms with E-state index in [1.807, 2.05) is 0 Å². The van der Waals surface area contributed by atoms with E-state index >= 15 is 0 Å². The van der Waals surface area contributed by atoms with Crippen LogP contribution in [0.25, 0.3) is 0 Å². The molecule has 2 rings (SSSR count). The number of hydrogen-bond donors (Lipinski definition) is 1. The molecule has 3 nitrogen and oxygen atoms in total. The number of carboxylic acids is 1. The van der Waals surface area contributed by atoms with Gasteiger partial charge in [-0.05, 0) is 12.1 Å². The molecule has 1 N–H and O–H groups in total. The molecule has 0 aliphatic rings. The van der Waals surface area contributed by atoms with Gasteiger partial charge in [-0.3, -0.25) is 0 Å². The zero-order chi connectivity index (χ0) is 14.0. The second-order valence-corrected chi connectivity index (χ2v) is 4.46. The Kier molecular flexibility index (Phi) is 3.48. The van der Waals surface area contributed by atoms with Crippen molar-refractivity contribution in [3.05, 3.63) is 46.2 Å². The van der Waals surface area contributed by atoms with E-state index in [-0.39, 0.29) is 16.4 Å². The Balaban J connectivity index is 2.30. The van der Waals surface area contributed by atoms with Crippen molar-refractivity contribution < 1.29 is 27.8 Å². The van der Waals surface area contributed by atoms with Crippen LogP contribution in [0, 0.1) is 0 Å². The molecule has 0 aliphatic carbocycles. The van der Waals surface area contributed by atoms with Crippen LogP contribution in [0.3, 0.4) is 0 Å². The predicted molar refractivity (Wildman–Crippen MR) is 62.8 cm³/mol. The zero-order valence-corrected chi connectivity index (χ0v) is 10.1. The lowest BCUT2D eigenvalue weighted by atomic mass is 10.2. The Bertz CT molecular complexity index is 604. The minimum atomic E-state index is -4.53. The van der Waals surface area contributed by atoms with E-state index < -0.39 is 17.7 Å². The number of carboxylic acid groups (broad SMARTS) is 1. The van der Waals surface area contributed by atoms with Crippen molar-refractivity contribution in [2.75, 3.05) is 0 Å². The van der Waals surface area contributed by atoms with Crippen LogP contribution in [0.1, 0.15) is 15.2 Å². The van der Waals surface area contributed by atoms with Gasteiger partial charge in [0.1, 0.15) is 16.4 Å². The van der Waals surface area contributed by atoms with Gasteiger partial charge < -0.3 is 9.84 Å². The highest BCUT2D eigenvalue weighted by molar-refractivity contribution is 7.12. The Morgan fingerprint density at radius 1 is 1.26 bits per heavy atom. The van der Waals surface area contributed by atoms with Crippen molar-refractivity contribution in [3.63, 3.8) is 0 Å². The van der Waals surface area contributed by atoms with Crippen molar-refractivity contribution in [2.24, 2.45) is 0 Å². The van der Waals surface area contributed by atoms with Gasteiger partial charge in [0.05, 0.1) is 5.56 Å². The third kappa shape index (κ3) is 3.05. The SMILES string of the molecule is O=C(O)c1cc(Oc2ccccc2C(F)(F)F)cs1. The van der Waals surface area contributed by atoms with Gasteiger partial charge in [0.25, 0.3) is 0 Å². The molecule has 1 aromatic heterocycles. The lowest BCUT2D eigenvalue weighted by molar-refractivity contribution is -0.138. The number of hydrogen-bond acceptors (Lipinski definition) is 3. The quantitative estimate of drug-likeness (QED) is 0.918. The Hall–Kier alpha value is -2.02. The van der Waals surface area contributed by atoms with Gasteiger partial charge in [0.15, 0.2) is 0 Å². The average molecular weight is 288 g/mol. The molecule has 2 aromatic rings. The molecular formula is C12H7F3O3S. The molecule has 0 aliphatic heterocycles. The maximum Gasteiger partial charge on any atom is 0.419 e. The summed E-state index contributed by atoms with van der Waals surface area (Å²) in [5, 5.41) is 10.1. The molecule has 7 heteroatoms. The zero-order valence-electron chi connectivity index (χ0n) is 9.27. The molecular weight excluding hydrogens is 281 g/mol. The first-order chi connectivity index (χ1) is 8.88. The third-order valence-corrected chi connectivity index (χ3v) is 3.10. The monoisotopic (exact) mass is 288 g/mol. The van der Waals surface area contributed by atoms with Crippen LogP contribution in [0.2, 0.25) is 0 Å². The predicted octanol–water partition coefficient (Wildman–Crippen LogP) is 4.26. The van der Waals surface area contributed by atoms with E-state index in [2.05, 4.69) is 0 Å². The molecule has 19 heavy (non-hydrogen) atoms. The summed E-state index contributed by atoms with van der Waals surface area (Å²) in [7, 11) is 0. The Morgan fingerprint density at radius 3 is 2.53 bits per heavy atom. The number of halogens is 3. The third-order valence-electron chi connectivity index (χ3n) is 2.21. The highest BCUT2D eigenvalue weighted by Crippen LogP contribution is 2.38. The minimum Gasteiger partial charge on any atom is -0.477 e. The molecule has 0 radical (unpaired) electrons. The molecule has 0 fully saturated rings. The lowest BCUT2D eigenvalue weighted by Gasteiger charge is -2.12. The van der Waals surface area contributed by atoms with E-state index in [1.54, 1.807) is 0 Å². The molecule has 1 aromatic carbocycles. The molecule has 0 bridgehead atoms. The van der Waals surface area contributed by atoms with Crippen LogP contribution >= 0.6 is 11.3 Å². The molecule has 0 amide bonds. The van der Waals surface area contributed by atoms with Crippen LogP contribution in [-0.4, -0.2) is 11.1 Å². The number of rotatable bonds is 3. The van der Waals surface area contributed by atoms with E-state index in [4.69, 9.17) is 9.84 Å². The van der Waals surface area contributed by atoms with Crippen molar-refractivity contribution in [3.8, 4) is 11.5 Å². The standard InChI is InChI=1S/C12H7F3O3S/c13-12(14,15)8-3-1-2-4-9(8)18-7-5-10(11(16)17)19-6-7/h1-6H,(H,16,17). The topological polar surface area (TPSA) is 46.5 Å². The van der Waals surface area contributed by atoms with Gasteiger partial charge in [-0.1, -0.05) is 12.1 Å². The van der Waals surface area contributed by atoms with Gasteiger partial charge >= 0.3 is 12.1 Å². The van der Waals surface area contributed by atoms with Crippen LogP contribution < -0.4 is 4.74 Å². The van der Waals surface area contributed by atoms with Gasteiger partial charge in [0, 0.05) is 11.4 Å². The van der Waals surface area contributed by atoms with E-state index in [0.717, 1.165) is 17.4 Å². The van der Waals surface area contributed by atoms with Gasteiger partial charge in [-0.25, -0.2) is 4.79 Å². The molecule has 0 unspecified atom stereocenters. The molecule has 100 valence electrons. The van der Waals surface area contributed by atoms with Crippen molar-refractivity contribution in [1.29, 1.82) is 0 Å². The number of carbonyl (C=O) groups is 1. The summed E-state index contributed by atoms with van der Waals surface area (Å²) in [6, 6.07) is 5.93. The highest BCUT2D eigenvalue weighted by atomic mass is 32.1.